The molecule has 0 amide bonds. The smallest absolute Gasteiger partial charge is 0.301 e. The van der Waals surface area contributed by atoms with Crippen LogP contribution in [0.1, 0.15) is 54.1 Å². The van der Waals surface area contributed by atoms with Gasteiger partial charge in [0, 0.05) is 22.9 Å². The second-order valence-electron chi connectivity index (χ2n) is 10.7. The molecule has 5 heterocycles. The highest BCUT2D eigenvalue weighted by Gasteiger charge is 2.39. The molecule has 0 bridgehead atoms. The molecular formula is C28H24N6O2. The molecule has 0 spiro atoms. The average molecular weight is 477 g/mol. The van der Waals surface area contributed by atoms with Gasteiger partial charge in [-0.2, -0.15) is 0 Å². The number of nitrogens with one attached hydrogen (secondary N) is 2. The second kappa shape index (κ2) is 7.10. The first kappa shape index (κ1) is 21.0. The Bertz CT molecular complexity index is 1820. The Hall–Kier alpha value is -4.33. The van der Waals surface area contributed by atoms with Gasteiger partial charge in [0.15, 0.2) is 5.49 Å². The summed E-state index contributed by atoms with van der Waals surface area (Å²) in [6.45, 7) is 6.49. The minimum absolute atomic E-state index is 0.00428. The predicted molar refractivity (Wildman–Crippen MR) is 138 cm³/mol. The fraction of sp³-hybridized carbons (Fsp3) is 0.250. The third-order valence-corrected chi connectivity index (χ3v) is 7.34. The first-order valence-electron chi connectivity index (χ1n) is 12.1. The number of nitrogens with zero attached hydrogens (tertiary/aromatic N) is 4. The number of benzene rings is 1. The zero-order valence-electron chi connectivity index (χ0n) is 20.2. The summed E-state index contributed by atoms with van der Waals surface area (Å²) in [5, 5.41) is 1.04. The number of aryl methyl sites for hydroxylation is 1. The van der Waals surface area contributed by atoms with Crippen molar-refractivity contribution in [2.24, 2.45) is 15.4 Å². The Morgan fingerprint density at radius 3 is 2.61 bits per heavy atom. The van der Waals surface area contributed by atoms with Gasteiger partial charge in [0.25, 0.3) is 5.56 Å². The highest BCUT2D eigenvalue weighted by Crippen LogP contribution is 2.42. The molecule has 0 fully saturated rings. The molecule has 3 aromatic rings. The lowest BCUT2D eigenvalue weighted by molar-refractivity contribution is 0.358. The second-order valence-corrected chi connectivity index (χ2v) is 10.7. The van der Waals surface area contributed by atoms with Crippen LogP contribution in [0.3, 0.4) is 0 Å². The van der Waals surface area contributed by atoms with E-state index in [1.165, 1.54) is 0 Å². The average Bonchev–Trinajstić information content (AvgIpc) is 2.82. The van der Waals surface area contributed by atoms with Gasteiger partial charge in [-0.15, -0.1) is 0 Å². The normalized spacial score (nSPS) is 20.1. The van der Waals surface area contributed by atoms with Gasteiger partial charge in [-0.05, 0) is 42.9 Å². The van der Waals surface area contributed by atoms with Crippen molar-refractivity contribution < 1.29 is 0 Å². The van der Waals surface area contributed by atoms with Gasteiger partial charge < -0.3 is 4.90 Å². The molecule has 36 heavy (non-hydrogen) atoms. The van der Waals surface area contributed by atoms with Crippen LogP contribution in [0.5, 0.6) is 0 Å². The Kier molecular flexibility index (Phi) is 4.14. The van der Waals surface area contributed by atoms with E-state index in [-0.39, 0.29) is 11.2 Å². The van der Waals surface area contributed by atoms with E-state index >= 15 is 0 Å². The summed E-state index contributed by atoms with van der Waals surface area (Å²) in [7, 11) is 0. The van der Waals surface area contributed by atoms with Crippen molar-refractivity contribution in [3.8, 4) is 0 Å². The van der Waals surface area contributed by atoms with Crippen LogP contribution < -0.4 is 26.9 Å². The van der Waals surface area contributed by atoms with Gasteiger partial charge in [-0.3, -0.25) is 14.8 Å². The van der Waals surface area contributed by atoms with Gasteiger partial charge in [0.1, 0.15) is 11.7 Å². The van der Waals surface area contributed by atoms with Crippen molar-refractivity contribution in [3.63, 3.8) is 0 Å². The van der Waals surface area contributed by atoms with E-state index in [0.717, 1.165) is 57.7 Å². The van der Waals surface area contributed by atoms with E-state index in [4.69, 9.17) is 15.0 Å². The van der Waals surface area contributed by atoms with Crippen LogP contribution in [0, 0.1) is 12.3 Å². The summed E-state index contributed by atoms with van der Waals surface area (Å²) in [6.07, 6.45) is 9.59. The molecule has 178 valence electrons. The van der Waals surface area contributed by atoms with Crippen LogP contribution in [0.25, 0.3) is 5.70 Å². The van der Waals surface area contributed by atoms with Gasteiger partial charge in [-0.25, -0.2) is 19.8 Å². The van der Waals surface area contributed by atoms with Crippen molar-refractivity contribution in [2.45, 2.75) is 39.5 Å². The standard InChI is InChI=1S/C28H24N6O2/c1-14-7-9-15(10-8-14)19-21-23-20-16(29-18-6-4-5-11-34(18)23)12-28(2,3)13-17(20)30-24(21)31-25-22(19)26(35)33-27(36)32-25/h4-11,19H,12-13H2,1-3H3,(H2,32,33,35,36). The van der Waals surface area contributed by atoms with Crippen molar-refractivity contribution >= 4 is 23.0 Å². The van der Waals surface area contributed by atoms with E-state index in [0.29, 0.717) is 11.1 Å². The van der Waals surface area contributed by atoms with E-state index < -0.39 is 17.2 Å². The molecule has 0 saturated carbocycles. The topological polar surface area (TPSA) is 107 Å². The quantitative estimate of drug-likeness (QED) is 0.440. The minimum Gasteiger partial charge on any atom is -0.301 e. The predicted octanol–water partition coefficient (Wildman–Crippen LogP) is 2.59. The summed E-state index contributed by atoms with van der Waals surface area (Å²) in [5.41, 5.74) is 5.77. The van der Waals surface area contributed by atoms with Gasteiger partial charge in [-0.1, -0.05) is 49.8 Å². The number of fused-ring (bicyclic) bond motifs is 5. The maximum atomic E-state index is 13.3. The number of aliphatic imine (C=N–C) groups is 1. The van der Waals surface area contributed by atoms with E-state index in [9.17, 15) is 9.59 Å². The number of rotatable bonds is 1. The van der Waals surface area contributed by atoms with Gasteiger partial charge in [0.05, 0.1) is 22.6 Å². The van der Waals surface area contributed by atoms with Crippen LogP contribution >= 0.6 is 0 Å². The van der Waals surface area contributed by atoms with Crippen LogP contribution in [-0.2, 0) is 6.42 Å². The highest BCUT2D eigenvalue weighted by molar-refractivity contribution is 6.12. The van der Waals surface area contributed by atoms with Crippen molar-refractivity contribution in [1.82, 2.24) is 15.0 Å². The van der Waals surface area contributed by atoms with Crippen molar-refractivity contribution in [3.05, 3.63) is 108 Å². The molecule has 2 aromatic heterocycles. The molecule has 1 atom stereocenters. The van der Waals surface area contributed by atoms with E-state index in [1.807, 2.05) is 55.6 Å². The molecule has 1 unspecified atom stereocenters. The third kappa shape index (κ3) is 2.97. The van der Waals surface area contributed by atoms with Crippen molar-refractivity contribution in [2.75, 3.05) is 4.90 Å². The summed E-state index contributed by atoms with van der Waals surface area (Å²) in [4.78, 5) is 47.6. The zero-order chi connectivity index (χ0) is 24.8. The number of allylic oxidation sites excluding steroid dienone is 2. The molecule has 0 radical (unpaired) electrons. The Morgan fingerprint density at radius 1 is 1.00 bits per heavy atom. The first-order chi connectivity index (χ1) is 17.3. The molecule has 1 aromatic carbocycles. The lowest BCUT2D eigenvalue weighted by Gasteiger charge is -2.38. The zero-order valence-corrected chi connectivity index (χ0v) is 20.2. The molecule has 1 aliphatic carbocycles. The summed E-state index contributed by atoms with van der Waals surface area (Å²) in [5.74, 6) is 0.636. The number of aromatic amines is 2. The van der Waals surface area contributed by atoms with Crippen LogP contribution in [0.4, 0.5) is 11.5 Å². The maximum absolute atomic E-state index is 13.3. The van der Waals surface area contributed by atoms with Gasteiger partial charge >= 0.3 is 5.69 Å². The largest absolute Gasteiger partial charge is 0.327 e. The van der Waals surface area contributed by atoms with Crippen LogP contribution in [0.2, 0.25) is 0 Å². The maximum Gasteiger partial charge on any atom is 0.327 e. The number of hydrogen-bond acceptors (Lipinski definition) is 6. The SMILES string of the molecule is Cc1ccc(C2c3c4c5c(nc3=Nc3[nH]c(=O)[nH]c(=O)c32)CC(C)(C)CC=5N=C2C=CC=CN24)cc1. The summed E-state index contributed by atoms with van der Waals surface area (Å²) in [6, 6.07) is 8.14. The molecule has 8 heteroatoms. The molecular weight excluding hydrogens is 452 g/mol. The lowest BCUT2D eigenvalue weighted by atomic mass is 9.76. The number of anilines is 1. The third-order valence-electron chi connectivity index (χ3n) is 7.34. The Balaban J connectivity index is 1.66. The molecule has 0 saturated heterocycles. The Labute approximate surface area is 206 Å². The minimum atomic E-state index is -0.580. The Morgan fingerprint density at radius 2 is 1.81 bits per heavy atom. The fourth-order valence-electron chi connectivity index (χ4n) is 5.84. The van der Waals surface area contributed by atoms with E-state index in [1.54, 1.807) is 0 Å². The number of aromatic nitrogens is 3. The molecule has 4 aliphatic rings. The molecule has 8 nitrogen and oxygen atoms in total. The van der Waals surface area contributed by atoms with Crippen LogP contribution in [-0.4, -0.2) is 20.8 Å². The van der Waals surface area contributed by atoms with Gasteiger partial charge in [0.2, 0.25) is 0 Å². The van der Waals surface area contributed by atoms with E-state index in [2.05, 4.69) is 28.7 Å². The highest BCUT2D eigenvalue weighted by atomic mass is 16.2. The molecule has 3 aliphatic heterocycles. The van der Waals surface area contributed by atoms with Crippen molar-refractivity contribution in [1.29, 1.82) is 0 Å². The number of amidine groups is 1. The first-order valence-corrected chi connectivity index (χ1v) is 12.1. The number of pyridine rings is 1. The lowest BCUT2D eigenvalue weighted by Crippen LogP contribution is -2.45. The summed E-state index contributed by atoms with van der Waals surface area (Å²) >= 11 is 0. The molecule has 7 rings (SSSR count). The molecule has 2 N–H and O–H groups in total. The van der Waals surface area contributed by atoms with Crippen LogP contribution in [0.15, 0.2) is 68.3 Å². The number of hydrogen-bond donors (Lipinski definition) is 2. The fourth-order valence-corrected chi connectivity index (χ4v) is 5.84. The summed E-state index contributed by atoms with van der Waals surface area (Å²) < 4.78 is 0. The number of H-pyrrole nitrogens is 2. The monoisotopic (exact) mass is 476 g/mol.